The summed E-state index contributed by atoms with van der Waals surface area (Å²) in [5, 5.41) is 3.33. The Morgan fingerprint density at radius 1 is 1.26 bits per heavy atom. The van der Waals surface area contributed by atoms with Crippen LogP contribution in [0.3, 0.4) is 0 Å². The molecule has 0 spiro atoms. The van der Waals surface area contributed by atoms with Gasteiger partial charge in [0.15, 0.2) is 0 Å². The van der Waals surface area contributed by atoms with Crippen molar-refractivity contribution in [1.82, 2.24) is 15.3 Å². The monoisotopic (exact) mass is 266 g/mol. The third-order valence-electron chi connectivity index (χ3n) is 2.80. The minimum absolute atomic E-state index is 0.458. The average molecular weight is 266 g/mol. The number of nitrogens with zero attached hydrogens (tertiary/aromatic N) is 3. The third kappa shape index (κ3) is 5.98. The van der Waals surface area contributed by atoms with Crippen molar-refractivity contribution in [3.63, 3.8) is 0 Å². The summed E-state index contributed by atoms with van der Waals surface area (Å²) in [6, 6.07) is 0.458. The summed E-state index contributed by atoms with van der Waals surface area (Å²) >= 11 is 0. The maximum Gasteiger partial charge on any atom is 0.147 e. The predicted molar refractivity (Wildman–Crippen MR) is 78.4 cm³/mol. The quantitative estimate of drug-likeness (QED) is 0.691. The van der Waals surface area contributed by atoms with Crippen molar-refractivity contribution in [2.75, 3.05) is 31.2 Å². The van der Waals surface area contributed by atoms with Gasteiger partial charge in [0, 0.05) is 32.3 Å². The first kappa shape index (κ1) is 15.9. The molecule has 0 fully saturated rings. The van der Waals surface area contributed by atoms with Gasteiger partial charge in [-0.1, -0.05) is 13.8 Å². The summed E-state index contributed by atoms with van der Waals surface area (Å²) in [7, 11) is 0. The molecule has 1 aromatic heterocycles. The number of hydrogen-bond acceptors (Lipinski definition) is 5. The Bertz CT molecular complexity index is 340. The normalized spacial score (nSPS) is 11.0. The first-order valence-corrected chi connectivity index (χ1v) is 7.04. The van der Waals surface area contributed by atoms with Crippen LogP contribution in [-0.2, 0) is 11.3 Å². The van der Waals surface area contributed by atoms with Crippen LogP contribution in [0.1, 0.15) is 33.4 Å². The molecule has 1 rings (SSSR count). The van der Waals surface area contributed by atoms with E-state index < -0.39 is 0 Å². The fourth-order valence-electron chi connectivity index (χ4n) is 1.66. The summed E-state index contributed by atoms with van der Waals surface area (Å²) < 4.78 is 5.38. The zero-order chi connectivity index (χ0) is 14.1. The lowest BCUT2D eigenvalue weighted by Gasteiger charge is -2.21. The summed E-state index contributed by atoms with van der Waals surface area (Å²) in [6.45, 7) is 12.4. The van der Waals surface area contributed by atoms with E-state index in [0.717, 1.165) is 44.4 Å². The van der Waals surface area contributed by atoms with E-state index in [4.69, 9.17) is 4.74 Å². The van der Waals surface area contributed by atoms with Gasteiger partial charge >= 0.3 is 0 Å². The van der Waals surface area contributed by atoms with E-state index in [9.17, 15) is 0 Å². The molecule has 0 aromatic carbocycles. The van der Waals surface area contributed by atoms with Gasteiger partial charge in [-0.2, -0.15) is 0 Å². The number of anilines is 1. The smallest absolute Gasteiger partial charge is 0.147 e. The third-order valence-corrected chi connectivity index (χ3v) is 2.80. The fraction of sp³-hybridized carbons (Fsp3) is 0.714. The minimum atomic E-state index is 0.458. The van der Waals surface area contributed by atoms with E-state index >= 15 is 0 Å². The Labute approximate surface area is 116 Å². The standard InChI is InChI=1S/C14H26N4O/c1-5-18(7-8-19-6-2)14-11-16-13(10-17-14)9-15-12(3)4/h10-12,15H,5-9H2,1-4H3. The highest BCUT2D eigenvalue weighted by molar-refractivity contribution is 5.35. The van der Waals surface area contributed by atoms with Gasteiger partial charge in [-0.05, 0) is 13.8 Å². The minimum Gasteiger partial charge on any atom is -0.380 e. The van der Waals surface area contributed by atoms with Crippen molar-refractivity contribution >= 4 is 5.82 Å². The molecular formula is C14H26N4O. The zero-order valence-electron chi connectivity index (χ0n) is 12.5. The highest BCUT2D eigenvalue weighted by Crippen LogP contribution is 2.08. The summed E-state index contributed by atoms with van der Waals surface area (Å²) in [5.74, 6) is 0.913. The molecule has 1 aromatic rings. The molecule has 0 unspecified atom stereocenters. The SMILES string of the molecule is CCOCCN(CC)c1cnc(CNC(C)C)cn1. The van der Waals surface area contributed by atoms with Crippen LogP contribution in [0.4, 0.5) is 5.82 Å². The molecule has 0 aliphatic carbocycles. The van der Waals surface area contributed by atoms with Crippen LogP contribution in [0.2, 0.25) is 0 Å². The molecule has 0 bridgehead atoms. The fourth-order valence-corrected chi connectivity index (χ4v) is 1.66. The van der Waals surface area contributed by atoms with E-state index in [1.54, 1.807) is 0 Å². The van der Waals surface area contributed by atoms with Crippen LogP contribution in [0.25, 0.3) is 0 Å². The summed E-state index contributed by atoms with van der Waals surface area (Å²) in [6.07, 6.45) is 3.68. The van der Waals surface area contributed by atoms with Gasteiger partial charge in [0.25, 0.3) is 0 Å². The maximum atomic E-state index is 5.38. The Kier molecular flexibility index (Phi) is 7.36. The zero-order valence-corrected chi connectivity index (χ0v) is 12.5. The van der Waals surface area contributed by atoms with Gasteiger partial charge in [-0.15, -0.1) is 0 Å². The van der Waals surface area contributed by atoms with E-state index in [-0.39, 0.29) is 0 Å². The van der Waals surface area contributed by atoms with Gasteiger partial charge in [0.1, 0.15) is 5.82 Å². The number of ether oxygens (including phenoxy) is 1. The molecule has 1 heterocycles. The second-order valence-corrected chi connectivity index (χ2v) is 4.68. The molecule has 0 atom stereocenters. The number of rotatable bonds is 9. The number of aromatic nitrogens is 2. The first-order valence-electron chi connectivity index (χ1n) is 7.04. The highest BCUT2D eigenvalue weighted by atomic mass is 16.5. The molecule has 0 radical (unpaired) electrons. The predicted octanol–water partition coefficient (Wildman–Crippen LogP) is 1.84. The molecular weight excluding hydrogens is 240 g/mol. The van der Waals surface area contributed by atoms with Crippen molar-refractivity contribution in [1.29, 1.82) is 0 Å². The largest absolute Gasteiger partial charge is 0.380 e. The van der Waals surface area contributed by atoms with Crippen molar-refractivity contribution in [2.24, 2.45) is 0 Å². The lowest BCUT2D eigenvalue weighted by molar-refractivity contribution is 0.154. The number of likely N-dealkylation sites (N-methyl/N-ethyl adjacent to an activating group) is 1. The Hall–Kier alpha value is -1.20. The molecule has 0 saturated heterocycles. The van der Waals surface area contributed by atoms with Crippen molar-refractivity contribution in [3.05, 3.63) is 18.1 Å². The average Bonchev–Trinajstić information content (AvgIpc) is 2.42. The van der Waals surface area contributed by atoms with Crippen molar-refractivity contribution in [3.8, 4) is 0 Å². The topological polar surface area (TPSA) is 50.3 Å². The molecule has 0 aliphatic rings. The van der Waals surface area contributed by atoms with Gasteiger partial charge < -0.3 is 15.0 Å². The molecule has 108 valence electrons. The highest BCUT2D eigenvalue weighted by Gasteiger charge is 2.06. The Morgan fingerprint density at radius 2 is 2.05 bits per heavy atom. The van der Waals surface area contributed by atoms with Gasteiger partial charge in [-0.3, -0.25) is 4.98 Å². The van der Waals surface area contributed by atoms with Crippen LogP contribution in [0.15, 0.2) is 12.4 Å². The van der Waals surface area contributed by atoms with E-state index in [2.05, 4.69) is 41.0 Å². The van der Waals surface area contributed by atoms with Crippen LogP contribution in [0, 0.1) is 0 Å². The second kappa shape index (κ2) is 8.82. The molecule has 0 aliphatic heterocycles. The number of hydrogen-bond donors (Lipinski definition) is 1. The lowest BCUT2D eigenvalue weighted by atomic mass is 10.3. The van der Waals surface area contributed by atoms with Gasteiger partial charge in [0.05, 0.1) is 24.7 Å². The lowest BCUT2D eigenvalue weighted by Crippen LogP contribution is -2.28. The number of nitrogens with one attached hydrogen (secondary N) is 1. The summed E-state index contributed by atoms with van der Waals surface area (Å²) in [5.41, 5.74) is 0.971. The summed E-state index contributed by atoms with van der Waals surface area (Å²) in [4.78, 5) is 11.1. The molecule has 5 nitrogen and oxygen atoms in total. The maximum absolute atomic E-state index is 5.38. The molecule has 0 saturated carbocycles. The van der Waals surface area contributed by atoms with Gasteiger partial charge in [-0.25, -0.2) is 4.98 Å². The second-order valence-electron chi connectivity index (χ2n) is 4.68. The van der Waals surface area contributed by atoms with Crippen LogP contribution >= 0.6 is 0 Å². The van der Waals surface area contributed by atoms with Crippen molar-refractivity contribution < 1.29 is 4.74 Å². The van der Waals surface area contributed by atoms with Crippen LogP contribution in [-0.4, -0.2) is 42.3 Å². The van der Waals surface area contributed by atoms with E-state index in [1.807, 2.05) is 19.3 Å². The molecule has 1 N–H and O–H groups in total. The van der Waals surface area contributed by atoms with Crippen LogP contribution in [0.5, 0.6) is 0 Å². The molecule has 19 heavy (non-hydrogen) atoms. The first-order chi connectivity index (χ1) is 9.17. The van der Waals surface area contributed by atoms with E-state index in [1.165, 1.54) is 0 Å². The Balaban J connectivity index is 2.52. The van der Waals surface area contributed by atoms with Gasteiger partial charge in [0.2, 0.25) is 0 Å². The van der Waals surface area contributed by atoms with Crippen molar-refractivity contribution in [2.45, 2.75) is 40.3 Å². The molecule has 0 amide bonds. The van der Waals surface area contributed by atoms with Crippen LogP contribution < -0.4 is 10.2 Å². The molecule has 5 heteroatoms. The Morgan fingerprint density at radius 3 is 2.58 bits per heavy atom. The van der Waals surface area contributed by atoms with E-state index in [0.29, 0.717) is 6.04 Å².